The van der Waals surface area contributed by atoms with E-state index in [1.54, 1.807) is 41.8 Å². The molecule has 33 heavy (non-hydrogen) atoms. The third kappa shape index (κ3) is 3.85. The van der Waals surface area contributed by atoms with Crippen LogP contribution in [0.15, 0.2) is 63.2 Å². The molecule has 0 unspecified atom stereocenters. The van der Waals surface area contributed by atoms with Crippen LogP contribution in [0.25, 0.3) is 22.2 Å². The summed E-state index contributed by atoms with van der Waals surface area (Å²) in [6.45, 7) is 1.32. The van der Waals surface area contributed by atoms with Crippen molar-refractivity contribution in [3.8, 4) is 11.5 Å². The molecule has 5 rings (SSSR count). The van der Waals surface area contributed by atoms with Crippen molar-refractivity contribution in [2.45, 2.75) is 18.4 Å². The first-order chi connectivity index (χ1) is 15.8. The molecule has 11 heteroatoms. The number of amides is 2. The summed E-state index contributed by atoms with van der Waals surface area (Å²) in [5.74, 6) is 0.407. The molecule has 1 aliphatic rings. The Morgan fingerprint density at radius 3 is 2.70 bits per heavy atom. The van der Waals surface area contributed by atoms with E-state index in [4.69, 9.17) is 4.42 Å². The number of hydrogen-bond acceptors (Lipinski definition) is 7. The van der Waals surface area contributed by atoms with Crippen molar-refractivity contribution >= 4 is 54.8 Å². The van der Waals surface area contributed by atoms with E-state index in [9.17, 15) is 18.0 Å². The van der Waals surface area contributed by atoms with Crippen molar-refractivity contribution in [2.75, 3.05) is 16.2 Å². The van der Waals surface area contributed by atoms with E-state index < -0.39 is 15.9 Å². The molecule has 0 saturated heterocycles. The summed E-state index contributed by atoms with van der Waals surface area (Å²) in [5.41, 5.74) is 1.01. The van der Waals surface area contributed by atoms with E-state index in [-0.39, 0.29) is 23.9 Å². The Hall–Kier alpha value is -3.70. The number of nitrogens with one attached hydrogen (secondary N) is 2. The van der Waals surface area contributed by atoms with Gasteiger partial charge in [0, 0.05) is 17.7 Å². The second kappa shape index (κ2) is 8.01. The van der Waals surface area contributed by atoms with E-state index in [1.807, 2.05) is 12.1 Å². The number of furan rings is 1. The molecule has 0 aliphatic carbocycles. The highest BCUT2D eigenvalue weighted by atomic mass is 32.2. The minimum Gasteiger partial charge on any atom is -0.458 e. The number of carbonyl (C=O) groups is 2. The molecule has 3 heterocycles. The van der Waals surface area contributed by atoms with Crippen LogP contribution in [-0.2, 0) is 26.2 Å². The van der Waals surface area contributed by atoms with Crippen LogP contribution in [0.3, 0.4) is 0 Å². The lowest BCUT2D eigenvalue weighted by Gasteiger charge is -2.17. The van der Waals surface area contributed by atoms with Crippen LogP contribution in [0.5, 0.6) is 0 Å². The number of thiazole rings is 1. The van der Waals surface area contributed by atoms with E-state index in [1.165, 1.54) is 18.3 Å². The number of rotatable bonds is 6. The molecule has 168 valence electrons. The van der Waals surface area contributed by atoms with Crippen molar-refractivity contribution in [3.05, 3.63) is 59.7 Å². The first-order valence-electron chi connectivity index (χ1n) is 9.96. The van der Waals surface area contributed by atoms with Crippen molar-refractivity contribution in [2.24, 2.45) is 0 Å². The Morgan fingerprint density at radius 1 is 1.12 bits per heavy atom. The van der Waals surface area contributed by atoms with Gasteiger partial charge in [-0.2, -0.15) is 0 Å². The Labute approximate surface area is 193 Å². The lowest BCUT2D eigenvalue weighted by Crippen LogP contribution is -2.35. The quantitative estimate of drug-likeness (QED) is 0.435. The molecule has 0 atom stereocenters. The second-order valence-corrected chi connectivity index (χ2v) is 10.1. The Balaban J connectivity index is 1.31. The van der Waals surface area contributed by atoms with Gasteiger partial charge in [-0.15, -0.1) is 11.3 Å². The smallest absolute Gasteiger partial charge is 0.265 e. The van der Waals surface area contributed by atoms with E-state index >= 15 is 0 Å². The summed E-state index contributed by atoms with van der Waals surface area (Å²) in [6.07, 6.45) is 0. The summed E-state index contributed by atoms with van der Waals surface area (Å²) < 4.78 is 32.9. The zero-order valence-electron chi connectivity index (χ0n) is 17.4. The minimum absolute atomic E-state index is 0.161. The Morgan fingerprint density at radius 2 is 1.91 bits per heavy atom. The molecule has 1 aliphatic heterocycles. The van der Waals surface area contributed by atoms with E-state index in [0.29, 0.717) is 33.4 Å². The van der Waals surface area contributed by atoms with Gasteiger partial charge in [0.25, 0.3) is 10.0 Å². The number of carbonyl (C=O) groups excluding carboxylic acids is 2. The molecular formula is C22H18N4O5S2. The molecule has 2 amide bonds. The third-order valence-corrected chi connectivity index (χ3v) is 7.70. The third-order valence-electron chi connectivity index (χ3n) is 5.14. The molecule has 0 radical (unpaired) electrons. The van der Waals surface area contributed by atoms with Gasteiger partial charge < -0.3 is 15.1 Å². The van der Waals surface area contributed by atoms with E-state index in [2.05, 4.69) is 15.6 Å². The van der Waals surface area contributed by atoms with Crippen molar-refractivity contribution in [3.63, 3.8) is 0 Å². The van der Waals surface area contributed by atoms with Crippen LogP contribution in [0.4, 0.5) is 10.8 Å². The standard InChI is InChI=1S/C22H18N4O5S2/c1-13(27)23-10-15-8-9-18(31-15)16-12-32-22(24-16)25-20(28)11-26-17-6-2-4-14-5-3-7-19(21(14)17)33(26,29)30/h2-9,12H,10-11H2,1H3,(H,23,27)(H,24,25,28). The summed E-state index contributed by atoms with van der Waals surface area (Å²) in [4.78, 5) is 28.3. The average Bonchev–Trinajstić information content (AvgIpc) is 3.48. The van der Waals surface area contributed by atoms with Gasteiger partial charge in [-0.1, -0.05) is 24.3 Å². The molecule has 2 aromatic heterocycles. The molecule has 0 saturated carbocycles. The lowest BCUT2D eigenvalue weighted by molar-refractivity contribution is -0.119. The van der Waals surface area contributed by atoms with Crippen LogP contribution in [-0.4, -0.2) is 31.8 Å². The number of hydrogen-bond donors (Lipinski definition) is 2. The number of nitrogens with zero attached hydrogens (tertiary/aromatic N) is 2. The highest BCUT2D eigenvalue weighted by Gasteiger charge is 2.36. The number of aromatic nitrogens is 1. The monoisotopic (exact) mass is 482 g/mol. The molecule has 0 bridgehead atoms. The van der Waals surface area contributed by atoms with Crippen molar-refractivity contribution in [1.29, 1.82) is 0 Å². The van der Waals surface area contributed by atoms with Gasteiger partial charge >= 0.3 is 0 Å². The summed E-state index contributed by atoms with van der Waals surface area (Å²) in [7, 11) is -3.82. The highest BCUT2D eigenvalue weighted by molar-refractivity contribution is 7.93. The van der Waals surface area contributed by atoms with Gasteiger partial charge in [0.2, 0.25) is 11.8 Å². The Bertz CT molecular complexity index is 1500. The summed E-state index contributed by atoms with van der Waals surface area (Å²) in [5, 5.41) is 8.79. The summed E-state index contributed by atoms with van der Waals surface area (Å²) >= 11 is 1.20. The molecular weight excluding hydrogens is 464 g/mol. The minimum atomic E-state index is -3.82. The molecule has 2 aromatic carbocycles. The second-order valence-electron chi connectivity index (χ2n) is 7.40. The average molecular weight is 483 g/mol. The number of anilines is 2. The number of benzene rings is 2. The predicted molar refractivity (Wildman–Crippen MR) is 124 cm³/mol. The molecule has 2 N–H and O–H groups in total. The van der Waals surface area contributed by atoms with Crippen molar-refractivity contribution in [1.82, 2.24) is 10.3 Å². The fourth-order valence-electron chi connectivity index (χ4n) is 3.68. The lowest BCUT2D eigenvalue weighted by atomic mass is 10.1. The van der Waals surface area contributed by atoms with E-state index in [0.717, 1.165) is 9.69 Å². The molecule has 9 nitrogen and oxygen atoms in total. The SMILES string of the molecule is CC(=O)NCc1ccc(-c2csc(NC(=O)CN3c4cccc5cccc(c45)S3(=O)=O)n2)o1. The van der Waals surface area contributed by atoms with Crippen LogP contribution in [0.1, 0.15) is 12.7 Å². The van der Waals surface area contributed by atoms with Gasteiger partial charge in [-0.3, -0.25) is 13.9 Å². The molecule has 4 aromatic rings. The maximum atomic E-state index is 13.0. The maximum Gasteiger partial charge on any atom is 0.265 e. The number of sulfonamides is 1. The van der Waals surface area contributed by atoms with Crippen LogP contribution >= 0.6 is 11.3 Å². The Kier molecular flexibility index (Phi) is 5.14. The zero-order chi connectivity index (χ0) is 23.2. The first kappa shape index (κ1) is 21.2. The highest BCUT2D eigenvalue weighted by Crippen LogP contribution is 2.41. The zero-order valence-corrected chi connectivity index (χ0v) is 19.0. The fraction of sp³-hybridized carbons (Fsp3) is 0.136. The normalized spacial score (nSPS) is 13.9. The summed E-state index contributed by atoms with van der Waals surface area (Å²) in [6, 6.07) is 13.9. The van der Waals surface area contributed by atoms with Gasteiger partial charge in [0.1, 0.15) is 18.0 Å². The van der Waals surface area contributed by atoms with Crippen LogP contribution < -0.4 is 14.9 Å². The predicted octanol–water partition coefficient (Wildman–Crippen LogP) is 3.34. The van der Waals surface area contributed by atoms with Gasteiger partial charge in [-0.05, 0) is 29.7 Å². The maximum absolute atomic E-state index is 13.0. The topological polar surface area (TPSA) is 122 Å². The molecule has 0 spiro atoms. The van der Waals surface area contributed by atoms with Gasteiger partial charge in [0.15, 0.2) is 10.9 Å². The van der Waals surface area contributed by atoms with Crippen molar-refractivity contribution < 1.29 is 22.4 Å². The van der Waals surface area contributed by atoms with Crippen LogP contribution in [0.2, 0.25) is 0 Å². The first-order valence-corrected chi connectivity index (χ1v) is 12.3. The van der Waals surface area contributed by atoms with Gasteiger partial charge in [-0.25, -0.2) is 13.4 Å². The molecule has 0 fully saturated rings. The van der Waals surface area contributed by atoms with Gasteiger partial charge in [0.05, 0.1) is 17.1 Å². The largest absolute Gasteiger partial charge is 0.458 e. The van der Waals surface area contributed by atoms with Crippen LogP contribution in [0, 0.1) is 0 Å². The fourth-order valence-corrected chi connectivity index (χ4v) is 6.07.